The molecule has 0 aliphatic rings. The Kier molecular flexibility index (Phi) is 5.71. The third kappa shape index (κ3) is 5.07. The Labute approximate surface area is 156 Å². The van der Waals surface area contributed by atoms with Gasteiger partial charge in [-0.3, -0.25) is 9.48 Å². The maximum Gasteiger partial charge on any atom is 0.374 e. The van der Waals surface area contributed by atoms with Gasteiger partial charge >= 0.3 is 5.97 Å². The zero-order valence-corrected chi connectivity index (χ0v) is 15.2. The van der Waals surface area contributed by atoms with E-state index in [1.54, 1.807) is 29.2 Å². The van der Waals surface area contributed by atoms with Crippen LogP contribution in [0.1, 0.15) is 41.6 Å². The smallest absolute Gasteiger partial charge is 0.374 e. The van der Waals surface area contributed by atoms with Gasteiger partial charge in [0.15, 0.2) is 6.61 Å². The number of nitrogens with one attached hydrogen (secondary N) is 1. The summed E-state index contributed by atoms with van der Waals surface area (Å²) in [5.74, 6) is -0.0650. The predicted molar refractivity (Wildman–Crippen MR) is 99.5 cm³/mol. The average Bonchev–Trinajstić information content (AvgIpc) is 3.33. The first-order valence-corrected chi connectivity index (χ1v) is 8.64. The molecule has 0 aliphatic heterocycles. The van der Waals surface area contributed by atoms with Crippen LogP contribution < -0.4 is 5.32 Å². The minimum absolute atomic E-state index is 0.0474. The monoisotopic (exact) mass is 367 g/mol. The van der Waals surface area contributed by atoms with Crippen molar-refractivity contribution in [3.63, 3.8) is 0 Å². The second-order valence-electron chi connectivity index (χ2n) is 6.37. The fourth-order valence-corrected chi connectivity index (χ4v) is 2.48. The fraction of sp³-hybridized carbons (Fsp3) is 0.250. The largest absolute Gasteiger partial charge is 0.452 e. The molecule has 0 atom stereocenters. The number of amides is 1. The molecule has 0 aliphatic carbocycles. The van der Waals surface area contributed by atoms with Gasteiger partial charge in [0.2, 0.25) is 5.76 Å². The first-order valence-electron chi connectivity index (χ1n) is 8.64. The number of esters is 1. The van der Waals surface area contributed by atoms with Gasteiger partial charge in [0, 0.05) is 18.1 Å². The normalized spacial score (nSPS) is 10.8. The van der Waals surface area contributed by atoms with Crippen molar-refractivity contribution < 1.29 is 18.7 Å². The summed E-state index contributed by atoms with van der Waals surface area (Å²) in [5.41, 5.74) is 1.84. The molecular weight excluding hydrogens is 346 g/mol. The zero-order valence-electron chi connectivity index (χ0n) is 15.2. The van der Waals surface area contributed by atoms with Gasteiger partial charge in [-0.2, -0.15) is 5.10 Å². The summed E-state index contributed by atoms with van der Waals surface area (Å²) in [6.45, 7) is 4.22. The van der Waals surface area contributed by atoms with E-state index in [9.17, 15) is 9.59 Å². The number of benzene rings is 1. The predicted octanol–water partition coefficient (Wildman–Crippen LogP) is 3.44. The van der Waals surface area contributed by atoms with Gasteiger partial charge in [-0.25, -0.2) is 4.79 Å². The highest BCUT2D eigenvalue weighted by atomic mass is 16.5. The van der Waals surface area contributed by atoms with Crippen LogP contribution in [0.4, 0.5) is 5.69 Å². The van der Waals surface area contributed by atoms with Crippen LogP contribution in [0.2, 0.25) is 0 Å². The van der Waals surface area contributed by atoms with Crippen molar-refractivity contribution >= 4 is 17.6 Å². The van der Waals surface area contributed by atoms with Gasteiger partial charge in [-0.05, 0) is 41.8 Å². The first-order chi connectivity index (χ1) is 13.0. The van der Waals surface area contributed by atoms with E-state index < -0.39 is 11.9 Å². The van der Waals surface area contributed by atoms with Gasteiger partial charge in [0.1, 0.15) is 5.76 Å². The minimum Gasteiger partial charge on any atom is -0.452 e. The molecule has 2 heterocycles. The molecule has 0 saturated heterocycles. The summed E-state index contributed by atoms with van der Waals surface area (Å²) in [7, 11) is 0. The number of rotatable bonds is 7. The Bertz CT molecular complexity index is 896. The van der Waals surface area contributed by atoms with Crippen LogP contribution in [0.3, 0.4) is 0 Å². The van der Waals surface area contributed by atoms with Crippen molar-refractivity contribution in [1.29, 1.82) is 0 Å². The van der Waals surface area contributed by atoms with Crippen molar-refractivity contribution in [3.8, 4) is 0 Å². The molecular formula is C20H21N3O4. The lowest BCUT2D eigenvalue weighted by Gasteiger charge is -2.08. The van der Waals surface area contributed by atoms with E-state index in [0.717, 1.165) is 0 Å². The topological polar surface area (TPSA) is 86.4 Å². The van der Waals surface area contributed by atoms with Gasteiger partial charge in [-0.1, -0.05) is 26.0 Å². The number of hydrogen-bond donors (Lipinski definition) is 1. The average molecular weight is 367 g/mol. The van der Waals surface area contributed by atoms with Crippen LogP contribution >= 0.6 is 0 Å². The maximum absolute atomic E-state index is 12.0. The quantitative estimate of drug-likeness (QED) is 0.647. The van der Waals surface area contributed by atoms with Crippen molar-refractivity contribution in [3.05, 3.63) is 71.9 Å². The molecule has 7 nitrogen and oxygen atoms in total. The van der Waals surface area contributed by atoms with E-state index >= 15 is 0 Å². The highest BCUT2D eigenvalue weighted by molar-refractivity contribution is 5.94. The Balaban J connectivity index is 1.48. The molecule has 0 bridgehead atoms. The minimum atomic E-state index is -0.688. The number of ether oxygens (including phenoxy) is 1. The summed E-state index contributed by atoms with van der Waals surface area (Å²) < 4.78 is 12.1. The van der Waals surface area contributed by atoms with Crippen molar-refractivity contribution in [2.24, 2.45) is 0 Å². The molecule has 3 aromatic rings. The lowest BCUT2D eigenvalue weighted by molar-refractivity contribution is -0.119. The summed E-state index contributed by atoms with van der Waals surface area (Å²) in [4.78, 5) is 24.0. The molecule has 0 saturated carbocycles. The fourth-order valence-electron chi connectivity index (χ4n) is 2.48. The van der Waals surface area contributed by atoms with Gasteiger partial charge in [0.05, 0.1) is 6.54 Å². The molecule has 1 amide bonds. The van der Waals surface area contributed by atoms with Gasteiger partial charge in [-0.15, -0.1) is 0 Å². The number of carbonyl (C=O) groups excluding carboxylic acids is 2. The standard InChI is InChI=1S/C20H21N3O4/c1-14(2)15-4-6-16(7-5-15)22-19(24)13-26-20(25)18-9-8-17(27-18)12-23-11-3-10-21-23/h3-11,14H,12-13H2,1-2H3,(H,22,24). The molecule has 0 fully saturated rings. The number of anilines is 1. The molecule has 1 N–H and O–H groups in total. The first kappa shape index (κ1) is 18.4. The van der Waals surface area contributed by atoms with Crippen LogP contribution in [0, 0.1) is 0 Å². The number of nitrogens with zero attached hydrogens (tertiary/aromatic N) is 2. The summed E-state index contributed by atoms with van der Waals surface area (Å²) in [6, 6.07) is 12.5. The third-order valence-electron chi connectivity index (χ3n) is 3.94. The Hall–Kier alpha value is -3.35. The summed E-state index contributed by atoms with van der Waals surface area (Å²) in [6.07, 6.45) is 3.45. The highest BCUT2D eigenvalue weighted by Crippen LogP contribution is 2.17. The van der Waals surface area contributed by atoms with Crippen molar-refractivity contribution in [1.82, 2.24) is 9.78 Å². The van der Waals surface area contributed by atoms with E-state index in [0.29, 0.717) is 23.9 Å². The molecule has 1 aromatic carbocycles. The van der Waals surface area contributed by atoms with E-state index in [2.05, 4.69) is 24.3 Å². The van der Waals surface area contributed by atoms with Gasteiger partial charge in [0.25, 0.3) is 5.91 Å². The van der Waals surface area contributed by atoms with Crippen LogP contribution in [0.5, 0.6) is 0 Å². The molecule has 0 unspecified atom stereocenters. The number of hydrogen-bond acceptors (Lipinski definition) is 5. The second-order valence-corrected chi connectivity index (χ2v) is 6.37. The lowest BCUT2D eigenvalue weighted by atomic mass is 10.0. The van der Waals surface area contributed by atoms with E-state index in [4.69, 9.17) is 9.15 Å². The second kappa shape index (κ2) is 8.35. The summed E-state index contributed by atoms with van der Waals surface area (Å²) >= 11 is 0. The number of furan rings is 1. The third-order valence-corrected chi connectivity index (χ3v) is 3.94. The molecule has 3 rings (SSSR count). The van der Waals surface area contributed by atoms with E-state index in [1.165, 1.54) is 11.6 Å². The Morgan fingerprint density at radius 2 is 1.96 bits per heavy atom. The van der Waals surface area contributed by atoms with Crippen LogP contribution in [0.25, 0.3) is 0 Å². The van der Waals surface area contributed by atoms with Crippen molar-refractivity contribution in [2.75, 3.05) is 11.9 Å². The maximum atomic E-state index is 12.0. The number of carbonyl (C=O) groups is 2. The molecule has 27 heavy (non-hydrogen) atoms. The van der Waals surface area contributed by atoms with Crippen molar-refractivity contribution in [2.45, 2.75) is 26.3 Å². The number of aromatic nitrogens is 2. The summed E-state index contributed by atoms with van der Waals surface area (Å²) in [5, 5.41) is 6.76. The Morgan fingerprint density at radius 1 is 1.19 bits per heavy atom. The van der Waals surface area contributed by atoms with Gasteiger partial charge < -0.3 is 14.5 Å². The molecule has 0 radical (unpaired) electrons. The van der Waals surface area contributed by atoms with E-state index in [1.807, 2.05) is 24.3 Å². The van der Waals surface area contributed by atoms with Crippen LogP contribution in [0.15, 0.2) is 59.3 Å². The lowest BCUT2D eigenvalue weighted by Crippen LogP contribution is -2.20. The Morgan fingerprint density at radius 3 is 2.63 bits per heavy atom. The molecule has 0 spiro atoms. The highest BCUT2D eigenvalue weighted by Gasteiger charge is 2.15. The van der Waals surface area contributed by atoms with Crippen LogP contribution in [-0.4, -0.2) is 28.3 Å². The molecule has 140 valence electrons. The molecule has 7 heteroatoms. The van der Waals surface area contributed by atoms with Crippen LogP contribution in [-0.2, 0) is 16.1 Å². The zero-order chi connectivity index (χ0) is 19.2. The molecule has 2 aromatic heterocycles. The van der Waals surface area contributed by atoms with E-state index in [-0.39, 0.29) is 12.4 Å². The SMILES string of the molecule is CC(C)c1ccc(NC(=O)COC(=O)c2ccc(Cn3cccn3)o2)cc1.